The minimum Gasteiger partial charge on any atom is -0.477 e. The Balaban J connectivity index is 1.87. The molecule has 0 saturated carbocycles. The molecule has 4 rings (SSSR count). The van der Waals surface area contributed by atoms with E-state index in [0.29, 0.717) is 39.0 Å². The first-order chi connectivity index (χ1) is 14.7. The summed E-state index contributed by atoms with van der Waals surface area (Å²) in [5.74, 6) is -0.359. The summed E-state index contributed by atoms with van der Waals surface area (Å²) in [5.41, 5.74) is 4.08. The maximum atomic E-state index is 14.3. The number of carboxylic acid groups (broad SMARTS) is 1. The third-order valence-corrected chi connectivity index (χ3v) is 6.02. The normalized spacial score (nSPS) is 11.0. The van der Waals surface area contributed by atoms with Crippen LogP contribution in [0.4, 0.5) is 4.39 Å². The van der Waals surface area contributed by atoms with Crippen molar-refractivity contribution in [2.75, 3.05) is 0 Å². The molecule has 4 aromatic rings. The molecule has 0 aliphatic rings. The highest BCUT2D eigenvalue weighted by Crippen LogP contribution is 2.41. The van der Waals surface area contributed by atoms with Crippen molar-refractivity contribution in [1.29, 1.82) is 0 Å². The zero-order valence-corrected chi connectivity index (χ0v) is 18.1. The number of rotatable bonds is 5. The van der Waals surface area contributed by atoms with Gasteiger partial charge in [-0.3, -0.25) is 0 Å². The molecule has 2 aromatic heterocycles. The van der Waals surface area contributed by atoms with Crippen LogP contribution in [0.3, 0.4) is 0 Å². The van der Waals surface area contributed by atoms with E-state index in [2.05, 4.69) is 10.1 Å². The number of thiazole rings is 1. The quantitative estimate of drug-likeness (QED) is 0.392. The molecule has 31 heavy (non-hydrogen) atoms. The number of aromatic nitrogens is 2. The number of benzene rings is 2. The second-order valence-corrected chi connectivity index (χ2v) is 8.18. The van der Waals surface area contributed by atoms with Gasteiger partial charge >= 0.3 is 5.97 Å². The van der Waals surface area contributed by atoms with Crippen molar-refractivity contribution in [2.24, 2.45) is 0 Å². The third-order valence-electron chi connectivity index (χ3n) is 4.83. The van der Waals surface area contributed by atoms with Crippen molar-refractivity contribution in [3.8, 4) is 33.2 Å². The zero-order chi connectivity index (χ0) is 22.3. The molecule has 0 aliphatic carbocycles. The summed E-state index contributed by atoms with van der Waals surface area (Å²) >= 11 is 1.10. The highest BCUT2D eigenvalue weighted by atomic mass is 32.1. The van der Waals surface area contributed by atoms with Gasteiger partial charge in [0.1, 0.15) is 21.4 Å². The third kappa shape index (κ3) is 3.94. The predicted octanol–water partition coefficient (Wildman–Crippen LogP) is 6.33. The number of nitrogens with zero attached hydrogens (tertiary/aromatic N) is 2. The molecule has 8 heteroatoms. The van der Waals surface area contributed by atoms with Crippen LogP contribution >= 0.6 is 11.3 Å². The number of hydrogen-bond donors (Lipinski definition) is 1. The molecule has 0 fully saturated rings. The Morgan fingerprint density at radius 3 is 2.48 bits per heavy atom. The molecule has 0 aliphatic heterocycles. The molecule has 0 saturated heterocycles. The van der Waals surface area contributed by atoms with Gasteiger partial charge in [0.2, 0.25) is 0 Å². The van der Waals surface area contributed by atoms with Gasteiger partial charge in [0.25, 0.3) is 0 Å². The Morgan fingerprint density at radius 2 is 1.84 bits per heavy atom. The van der Waals surface area contributed by atoms with Crippen molar-refractivity contribution in [3.05, 3.63) is 69.8 Å². The summed E-state index contributed by atoms with van der Waals surface area (Å²) in [5, 5.41) is 13.9. The van der Waals surface area contributed by atoms with Gasteiger partial charge in [0.15, 0.2) is 11.6 Å². The van der Waals surface area contributed by atoms with Crippen LogP contribution in [0.25, 0.3) is 21.7 Å². The average molecular weight is 438 g/mol. The number of hydrogen-bond acceptors (Lipinski definition) is 6. The molecule has 2 aromatic carbocycles. The van der Waals surface area contributed by atoms with E-state index in [1.165, 1.54) is 6.07 Å². The van der Waals surface area contributed by atoms with E-state index in [-0.39, 0.29) is 10.6 Å². The van der Waals surface area contributed by atoms with E-state index in [4.69, 9.17) is 9.26 Å². The summed E-state index contributed by atoms with van der Waals surface area (Å²) < 4.78 is 25.6. The van der Waals surface area contributed by atoms with E-state index >= 15 is 0 Å². The number of halogens is 1. The lowest BCUT2D eigenvalue weighted by Gasteiger charge is -2.13. The SMILES string of the molecule is Cc1ccc(F)c(Oc2ccc(-c3nc(C)c(C(=O)O)s3)cc2-c2c(C)noc2C)c1. The number of aryl methyl sites for hydroxylation is 4. The van der Waals surface area contributed by atoms with Crippen LogP contribution in [-0.2, 0) is 0 Å². The van der Waals surface area contributed by atoms with Gasteiger partial charge in [-0.15, -0.1) is 11.3 Å². The summed E-state index contributed by atoms with van der Waals surface area (Å²) in [6.07, 6.45) is 0. The summed E-state index contributed by atoms with van der Waals surface area (Å²) in [7, 11) is 0. The fraction of sp³-hybridized carbons (Fsp3) is 0.174. The maximum absolute atomic E-state index is 14.3. The van der Waals surface area contributed by atoms with Crippen molar-refractivity contribution < 1.29 is 23.6 Å². The monoisotopic (exact) mass is 438 g/mol. The lowest BCUT2D eigenvalue weighted by molar-refractivity contribution is 0.0701. The van der Waals surface area contributed by atoms with E-state index in [0.717, 1.165) is 22.5 Å². The van der Waals surface area contributed by atoms with Crippen LogP contribution in [0, 0.1) is 33.5 Å². The van der Waals surface area contributed by atoms with Crippen LogP contribution in [0.15, 0.2) is 40.9 Å². The molecule has 0 atom stereocenters. The number of aromatic carboxylic acids is 1. The molecular weight excluding hydrogens is 419 g/mol. The molecule has 0 spiro atoms. The van der Waals surface area contributed by atoms with Crippen molar-refractivity contribution >= 4 is 17.3 Å². The second-order valence-electron chi connectivity index (χ2n) is 7.18. The Labute approximate surface area is 181 Å². The fourth-order valence-electron chi connectivity index (χ4n) is 3.34. The van der Waals surface area contributed by atoms with Crippen LogP contribution in [0.2, 0.25) is 0 Å². The van der Waals surface area contributed by atoms with E-state index in [9.17, 15) is 14.3 Å². The maximum Gasteiger partial charge on any atom is 0.347 e. The molecule has 158 valence electrons. The minimum atomic E-state index is -1.01. The minimum absolute atomic E-state index is 0.110. The van der Waals surface area contributed by atoms with Crippen molar-refractivity contribution in [2.45, 2.75) is 27.7 Å². The molecule has 0 radical (unpaired) electrons. The summed E-state index contributed by atoms with van der Waals surface area (Å²) in [6, 6.07) is 9.99. The van der Waals surface area contributed by atoms with Crippen molar-refractivity contribution in [1.82, 2.24) is 10.1 Å². The largest absolute Gasteiger partial charge is 0.477 e. The zero-order valence-electron chi connectivity index (χ0n) is 17.3. The molecular formula is C23H19FN2O4S. The Morgan fingerprint density at radius 1 is 1.06 bits per heavy atom. The Bertz CT molecular complexity index is 1290. The van der Waals surface area contributed by atoms with Gasteiger partial charge < -0.3 is 14.4 Å². The summed E-state index contributed by atoms with van der Waals surface area (Å²) in [4.78, 5) is 16.0. The highest BCUT2D eigenvalue weighted by molar-refractivity contribution is 7.17. The number of carbonyl (C=O) groups is 1. The lowest BCUT2D eigenvalue weighted by Crippen LogP contribution is -1.94. The highest BCUT2D eigenvalue weighted by Gasteiger charge is 2.21. The smallest absolute Gasteiger partial charge is 0.347 e. The first kappa shape index (κ1) is 20.7. The number of ether oxygens (including phenoxy) is 1. The average Bonchev–Trinajstić information content (AvgIpc) is 3.27. The van der Waals surface area contributed by atoms with Crippen LogP contribution in [0.1, 0.15) is 32.4 Å². The molecule has 2 heterocycles. The molecule has 0 unspecified atom stereocenters. The Hall–Kier alpha value is -3.52. The summed E-state index contributed by atoms with van der Waals surface area (Å²) in [6.45, 7) is 7.12. The van der Waals surface area contributed by atoms with Crippen LogP contribution < -0.4 is 4.74 Å². The topological polar surface area (TPSA) is 85.5 Å². The van der Waals surface area contributed by atoms with Gasteiger partial charge in [-0.25, -0.2) is 14.2 Å². The fourth-order valence-corrected chi connectivity index (χ4v) is 4.24. The first-order valence-electron chi connectivity index (χ1n) is 9.47. The first-order valence-corrected chi connectivity index (χ1v) is 10.3. The van der Waals surface area contributed by atoms with Gasteiger partial charge in [-0.2, -0.15) is 0 Å². The predicted molar refractivity (Wildman–Crippen MR) is 115 cm³/mol. The van der Waals surface area contributed by atoms with Crippen LogP contribution in [-0.4, -0.2) is 21.2 Å². The van der Waals surface area contributed by atoms with Gasteiger partial charge in [0.05, 0.1) is 17.0 Å². The molecule has 1 N–H and O–H groups in total. The number of carboxylic acids is 1. The standard InChI is InChI=1S/C23H19FN2O4S/c1-11-5-7-17(24)19(9-11)29-18-8-6-15(22-25-13(3)21(31-22)23(27)28)10-16(18)20-12(2)26-30-14(20)4/h5-10H,1-4H3,(H,27,28). The molecule has 0 amide bonds. The van der Waals surface area contributed by atoms with E-state index in [1.54, 1.807) is 38.1 Å². The van der Waals surface area contributed by atoms with E-state index < -0.39 is 11.8 Å². The van der Waals surface area contributed by atoms with Gasteiger partial charge in [-0.1, -0.05) is 11.2 Å². The van der Waals surface area contributed by atoms with Crippen molar-refractivity contribution in [3.63, 3.8) is 0 Å². The molecule has 0 bridgehead atoms. The van der Waals surface area contributed by atoms with E-state index in [1.807, 2.05) is 19.9 Å². The Kier molecular flexibility index (Phi) is 5.32. The van der Waals surface area contributed by atoms with Gasteiger partial charge in [-0.05, 0) is 63.6 Å². The molecule has 6 nitrogen and oxygen atoms in total. The lowest BCUT2D eigenvalue weighted by atomic mass is 10.0. The van der Waals surface area contributed by atoms with Crippen LogP contribution in [0.5, 0.6) is 11.5 Å². The van der Waals surface area contributed by atoms with Gasteiger partial charge in [0, 0.05) is 11.1 Å². The second kappa shape index (κ2) is 7.96.